The molecule has 1 heterocycles. The molecule has 0 amide bonds. The van der Waals surface area contributed by atoms with Gasteiger partial charge in [0.2, 0.25) is 0 Å². The van der Waals surface area contributed by atoms with Crippen LogP contribution >= 0.6 is 0 Å². The van der Waals surface area contributed by atoms with Gasteiger partial charge in [-0.05, 0) is 104 Å². The van der Waals surface area contributed by atoms with Crippen LogP contribution in [0.5, 0.6) is 0 Å². The van der Waals surface area contributed by atoms with E-state index in [0.717, 1.165) is 22.7 Å². The molecule has 0 saturated heterocycles. The van der Waals surface area contributed by atoms with Crippen molar-refractivity contribution in [2.24, 2.45) is 0 Å². The molecule has 0 fully saturated rings. The van der Waals surface area contributed by atoms with Gasteiger partial charge < -0.3 is 9.47 Å². The number of para-hydroxylation sites is 2. The lowest BCUT2D eigenvalue weighted by molar-refractivity contribution is 1.18. The van der Waals surface area contributed by atoms with Gasteiger partial charge in [-0.3, -0.25) is 0 Å². The van der Waals surface area contributed by atoms with E-state index in [1.165, 1.54) is 65.6 Å². The van der Waals surface area contributed by atoms with Gasteiger partial charge in [0.1, 0.15) is 0 Å². The van der Waals surface area contributed by atoms with E-state index in [1.54, 1.807) is 0 Å². The molecule has 0 bridgehead atoms. The van der Waals surface area contributed by atoms with Crippen LogP contribution < -0.4 is 4.90 Å². The summed E-state index contributed by atoms with van der Waals surface area (Å²) in [6, 6.07) is 74.7. The molecule has 244 valence electrons. The number of nitrogens with zero attached hydrogens (tertiary/aromatic N) is 2. The van der Waals surface area contributed by atoms with E-state index in [0.29, 0.717) is 0 Å². The van der Waals surface area contributed by atoms with Crippen molar-refractivity contribution >= 4 is 60.4 Å². The minimum atomic E-state index is 1.10. The summed E-state index contributed by atoms with van der Waals surface area (Å²) in [4.78, 5) is 2.40. The molecule has 0 spiro atoms. The first kappa shape index (κ1) is 30.0. The first-order chi connectivity index (χ1) is 25.8. The van der Waals surface area contributed by atoms with Crippen molar-refractivity contribution in [3.63, 3.8) is 0 Å². The fourth-order valence-corrected chi connectivity index (χ4v) is 7.96. The van der Waals surface area contributed by atoms with Crippen molar-refractivity contribution in [3.05, 3.63) is 206 Å². The molecule has 0 atom stereocenters. The van der Waals surface area contributed by atoms with Gasteiger partial charge in [-0.1, -0.05) is 146 Å². The van der Waals surface area contributed by atoms with Gasteiger partial charge >= 0.3 is 0 Å². The third kappa shape index (κ3) is 5.04. The molecule has 10 rings (SSSR count). The van der Waals surface area contributed by atoms with Crippen LogP contribution in [0.1, 0.15) is 0 Å². The van der Waals surface area contributed by atoms with Crippen LogP contribution in [-0.4, -0.2) is 4.57 Å². The van der Waals surface area contributed by atoms with Crippen LogP contribution in [-0.2, 0) is 0 Å². The van der Waals surface area contributed by atoms with E-state index >= 15 is 0 Å². The second-order valence-corrected chi connectivity index (χ2v) is 13.4. The van der Waals surface area contributed by atoms with Crippen molar-refractivity contribution in [2.75, 3.05) is 4.90 Å². The maximum Gasteiger partial charge on any atom is 0.0542 e. The molecule has 9 aromatic carbocycles. The fourth-order valence-electron chi connectivity index (χ4n) is 7.96. The van der Waals surface area contributed by atoms with Crippen LogP contribution in [0.25, 0.3) is 71.3 Å². The molecule has 2 nitrogen and oxygen atoms in total. The summed E-state index contributed by atoms with van der Waals surface area (Å²) in [6.07, 6.45) is 0. The smallest absolute Gasteiger partial charge is 0.0542 e. The Morgan fingerprint density at radius 2 is 0.846 bits per heavy atom. The number of benzene rings is 9. The number of hydrogen-bond acceptors (Lipinski definition) is 1. The Hall–Kier alpha value is -6.90. The first-order valence-electron chi connectivity index (χ1n) is 17.9. The summed E-state index contributed by atoms with van der Waals surface area (Å²) in [6.45, 7) is 0. The summed E-state index contributed by atoms with van der Waals surface area (Å²) in [5.41, 5.74) is 11.7. The Bertz CT molecular complexity index is 2890. The minimum Gasteiger partial charge on any atom is -0.310 e. The molecule has 0 radical (unpaired) electrons. The van der Waals surface area contributed by atoms with Gasteiger partial charge in [-0.15, -0.1) is 0 Å². The van der Waals surface area contributed by atoms with Crippen LogP contribution in [0.2, 0.25) is 0 Å². The highest BCUT2D eigenvalue weighted by molar-refractivity contribution is 6.11. The zero-order valence-corrected chi connectivity index (χ0v) is 28.5. The number of aromatic nitrogens is 1. The van der Waals surface area contributed by atoms with Crippen LogP contribution in [0.15, 0.2) is 206 Å². The van der Waals surface area contributed by atoms with E-state index in [-0.39, 0.29) is 0 Å². The summed E-state index contributed by atoms with van der Waals surface area (Å²) in [7, 11) is 0. The van der Waals surface area contributed by atoms with Gasteiger partial charge in [0.25, 0.3) is 0 Å². The van der Waals surface area contributed by atoms with Crippen LogP contribution in [0.3, 0.4) is 0 Å². The predicted molar refractivity (Wildman–Crippen MR) is 221 cm³/mol. The summed E-state index contributed by atoms with van der Waals surface area (Å²) in [5, 5.41) is 7.46. The molecule has 0 aliphatic heterocycles. The Morgan fingerprint density at radius 3 is 1.58 bits per heavy atom. The number of rotatable bonds is 6. The molecule has 2 heteroatoms. The highest BCUT2D eigenvalue weighted by atomic mass is 15.1. The third-order valence-electron chi connectivity index (χ3n) is 10.4. The molecule has 1 aromatic heterocycles. The summed E-state index contributed by atoms with van der Waals surface area (Å²) >= 11 is 0. The molecular weight excluding hydrogens is 629 g/mol. The van der Waals surface area contributed by atoms with Crippen LogP contribution in [0, 0.1) is 0 Å². The lowest BCUT2D eigenvalue weighted by Crippen LogP contribution is -2.10. The summed E-state index contributed by atoms with van der Waals surface area (Å²) in [5.74, 6) is 0. The van der Waals surface area contributed by atoms with E-state index in [4.69, 9.17) is 0 Å². The molecule has 0 aliphatic rings. The SMILES string of the molecule is c1ccc(-n2c3ccccc3c3cc(N(c4ccc(-c5cccc6ccccc56)cc4)c4cccc(-c5cccc6ccccc56)c4)ccc32)cc1. The van der Waals surface area contributed by atoms with Gasteiger partial charge in [-0.25, -0.2) is 0 Å². The van der Waals surface area contributed by atoms with E-state index in [2.05, 4.69) is 216 Å². The Morgan fingerprint density at radius 1 is 0.308 bits per heavy atom. The molecule has 0 aliphatic carbocycles. The van der Waals surface area contributed by atoms with Crippen LogP contribution in [0.4, 0.5) is 17.1 Å². The number of hydrogen-bond donors (Lipinski definition) is 0. The minimum absolute atomic E-state index is 1.10. The highest BCUT2D eigenvalue weighted by Gasteiger charge is 2.18. The van der Waals surface area contributed by atoms with Gasteiger partial charge in [0.05, 0.1) is 11.0 Å². The molecule has 0 saturated carbocycles. The third-order valence-corrected chi connectivity index (χ3v) is 10.4. The van der Waals surface area contributed by atoms with Crippen molar-refractivity contribution in [1.29, 1.82) is 0 Å². The molecule has 0 unspecified atom stereocenters. The maximum absolute atomic E-state index is 2.40. The van der Waals surface area contributed by atoms with E-state index in [1.807, 2.05) is 0 Å². The molecule has 52 heavy (non-hydrogen) atoms. The predicted octanol–water partition coefficient (Wildman–Crippen LogP) is 13.9. The fraction of sp³-hybridized carbons (Fsp3) is 0. The topological polar surface area (TPSA) is 8.17 Å². The second-order valence-electron chi connectivity index (χ2n) is 13.4. The summed E-state index contributed by atoms with van der Waals surface area (Å²) < 4.78 is 2.37. The standard InChI is InChI=1S/C50H34N2/c1-2-18-39(19-3-1)52-49-26-9-8-23-47(49)48-34-42(31-32-50(48)52)51(40-29-27-37(28-30-40)45-24-11-15-35-13-4-6-21-43(35)45)41-20-10-17-38(33-41)46-25-12-16-36-14-5-7-22-44(36)46/h1-34H. The average molecular weight is 663 g/mol. The Labute approximate surface area is 303 Å². The number of anilines is 3. The Kier molecular flexibility index (Phi) is 7.18. The maximum atomic E-state index is 2.40. The molecule has 10 aromatic rings. The normalized spacial score (nSPS) is 11.5. The van der Waals surface area contributed by atoms with Gasteiger partial charge in [0, 0.05) is 33.5 Å². The van der Waals surface area contributed by atoms with Crippen molar-refractivity contribution in [1.82, 2.24) is 4.57 Å². The number of fused-ring (bicyclic) bond motifs is 5. The van der Waals surface area contributed by atoms with E-state index < -0.39 is 0 Å². The molecule has 0 N–H and O–H groups in total. The largest absolute Gasteiger partial charge is 0.310 e. The highest BCUT2D eigenvalue weighted by Crippen LogP contribution is 2.42. The van der Waals surface area contributed by atoms with Crippen molar-refractivity contribution in [3.8, 4) is 27.9 Å². The van der Waals surface area contributed by atoms with Crippen molar-refractivity contribution in [2.45, 2.75) is 0 Å². The van der Waals surface area contributed by atoms with Crippen molar-refractivity contribution < 1.29 is 0 Å². The second kappa shape index (κ2) is 12.5. The van der Waals surface area contributed by atoms with Gasteiger partial charge in [0.15, 0.2) is 0 Å². The Balaban J connectivity index is 1.16. The zero-order chi connectivity index (χ0) is 34.4. The lowest BCUT2D eigenvalue weighted by atomic mass is 9.97. The van der Waals surface area contributed by atoms with Gasteiger partial charge in [-0.2, -0.15) is 0 Å². The lowest BCUT2D eigenvalue weighted by Gasteiger charge is -2.26. The average Bonchev–Trinajstić information content (AvgIpc) is 3.55. The quantitative estimate of drug-likeness (QED) is 0.172. The van der Waals surface area contributed by atoms with E-state index in [9.17, 15) is 0 Å². The monoisotopic (exact) mass is 662 g/mol. The first-order valence-corrected chi connectivity index (χ1v) is 17.9. The molecular formula is C50H34N2. The zero-order valence-electron chi connectivity index (χ0n) is 28.5.